The molecule has 0 aromatic carbocycles. The first-order valence-electron chi connectivity index (χ1n) is 7.39. The fraction of sp³-hybridized carbons (Fsp3) is 0.733. The fourth-order valence-corrected chi connectivity index (χ4v) is 2.68. The van der Waals surface area contributed by atoms with E-state index in [9.17, 15) is 0 Å². The molecule has 2 rings (SSSR count). The van der Waals surface area contributed by atoms with Gasteiger partial charge in [0.2, 0.25) is 0 Å². The number of piperidine rings is 1. The first-order chi connectivity index (χ1) is 9.43. The van der Waals surface area contributed by atoms with Gasteiger partial charge in [0.25, 0.3) is 0 Å². The van der Waals surface area contributed by atoms with Crippen molar-refractivity contribution >= 4 is 11.6 Å². The van der Waals surface area contributed by atoms with Gasteiger partial charge in [-0.3, -0.25) is 0 Å². The Kier molecular flexibility index (Phi) is 4.48. The van der Waals surface area contributed by atoms with Gasteiger partial charge in [0.05, 0.1) is 0 Å². The topological polar surface area (TPSA) is 53.1 Å². The molecule has 1 aliphatic heterocycles. The summed E-state index contributed by atoms with van der Waals surface area (Å²) in [7, 11) is 4.10. The molecule has 0 spiro atoms. The Morgan fingerprint density at radius 1 is 1.15 bits per heavy atom. The lowest BCUT2D eigenvalue weighted by atomic mass is 9.80. The van der Waals surface area contributed by atoms with Crippen molar-refractivity contribution in [2.75, 3.05) is 44.4 Å². The van der Waals surface area contributed by atoms with Crippen LogP contribution in [-0.2, 0) is 0 Å². The number of anilines is 2. The van der Waals surface area contributed by atoms with Crippen molar-refractivity contribution in [3.8, 4) is 0 Å². The molecule has 1 aromatic heterocycles. The molecule has 1 aliphatic rings. The number of nitrogens with one attached hydrogen (secondary N) is 2. The molecule has 20 heavy (non-hydrogen) atoms. The lowest BCUT2D eigenvalue weighted by Crippen LogP contribution is -2.40. The number of hydrogen-bond acceptors (Lipinski definition) is 5. The van der Waals surface area contributed by atoms with Crippen LogP contribution in [0.15, 0.2) is 0 Å². The summed E-state index contributed by atoms with van der Waals surface area (Å²) in [5.74, 6) is 2.67. The summed E-state index contributed by atoms with van der Waals surface area (Å²) < 4.78 is 0. The van der Waals surface area contributed by atoms with Crippen LogP contribution in [0.25, 0.3) is 0 Å². The summed E-state index contributed by atoms with van der Waals surface area (Å²) in [4.78, 5) is 11.3. The van der Waals surface area contributed by atoms with Gasteiger partial charge in [-0.1, -0.05) is 6.92 Å². The predicted molar refractivity (Wildman–Crippen MR) is 84.4 cm³/mol. The molecular formula is C15H27N5. The molecule has 1 aromatic rings. The molecule has 2 heterocycles. The van der Waals surface area contributed by atoms with Crippen molar-refractivity contribution in [2.45, 2.75) is 33.6 Å². The zero-order valence-electron chi connectivity index (χ0n) is 13.4. The number of aromatic nitrogens is 2. The Labute approximate surface area is 122 Å². The van der Waals surface area contributed by atoms with Crippen LogP contribution in [0.5, 0.6) is 0 Å². The van der Waals surface area contributed by atoms with Crippen molar-refractivity contribution < 1.29 is 0 Å². The zero-order valence-corrected chi connectivity index (χ0v) is 13.4. The van der Waals surface area contributed by atoms with E-state index in [0.717, 1.165) is 29.6 Å². The maximum atomic E-state index is 4.54. The number of aryl methyl sites for hydroxylation is 1. The highest BCUT2D eigenvalue weighted by molar-refractivity contribution is 5.56. The Hall–Kier alpha value is -1.36. The van der Waals surface area contributed by atoms with Crippen LogP contribution < -0.4 is 10.6 Å². The van der Waals surface area contributed by atoms with Gasteiger partial charge < -0.3 is 15.5 Å². The van der Waals surface area contributed by atoms with Crippen LogP contribution in [0.2, 0.25) is 0 Å². The first-order valence-corrected chi connectivity index (χ1v) is 7.39. The third-order valence-electron chi connectivity index (χ3n) is 4.37. The highest BCUT2D eigenvalue weighted by Crippen LogP contribution is 2.31. The van der Waals surface area contributed by atoms with E-state index in [0.29, 0.717) is 5.41 Å². The van der Waals surface area contributed by atoms with Gasteiger partial charge in [-0.05, 0) is 52.2 Å². The number of rotatable bonds is 4. The van der Waals surface area contributed by atoms with Crippen LogP contribution in [0.3, 0.4) is 0 Å². The summed E-state index contributed by atoms with van der Waals surface area (Å²) in [5, 5.41) is 6.68. The number of likely N-dealkylation sites (tertiary alicyclic amines) is 1. The molecule has 0 saturated carbocycles. The van der Waals surface area contributed by atoms with Gasteiger partial charge in [0.1, 0.15) is 17.5 Å². The van der Waals surface area contributed by atoms with Crippen molar-refractivity contribution in [3.05, 3.63) is 11.4 Å². The molecule has 0 aliphatic carbocycles. The second-order valence-corrected chi connectivity index (χ2v) is 6.31. The molecular weight excluding hydrogens is 250 g/mol. The third-order valence-corrected chi connectivity index (χ3v) is 4.37. The van der Waals surface area contributed by atoms with Crippen molar-refractivity contribution in [2.24, 2.45) is 5.41 Å². The van der Waals surface area contributed by atoms with E-state index in [2.05, 4.69) is 46.4 Å². The quantitative estimate of drug-likeness (QED) is 0.884. The van der Waals surface area contributed by atoms with Crippen LogP contribution in [0.1, 0.15) is 31.2 Å². The van der Waals surface area contributed by atoms with Gasteiger partial charge in [-0.25, -0.2) is 9.97 Å². The minimum absolute atomic E-state index is 0.359. The lowest BCUT2D eigenvalue weighted by Gasteiger charge is -2.38. The molecule has 0 atom stereocenters. The van der Waals surface area contributed by atoms with Crippen molar-refractivity contribution in [1.29, 1.82) is 0 Å². The van der Waals surface area contributed by atoms with Crippen molar-refractivity contribution in [1.82, 2.24) is 14.9 Å². The molecule has 0 amide bonds. The summed E-state index contributed by atoms with van der Waals surface area (Å²) in [5.41, 5.74) is 1.45. The first kappa shape index (κ1) is 15.0. The highest BCUT2D eigenvalue weighted by Gasteiger charge is 2.28. The molecule has 5 nitrogen and oxygen atoms in total. The van der Waals surface area contributed by atoms with Gasteiger partial charge in [-0.15, -0.1) is 0 Å². The molecule has 0 bridgehead atoms. The standard InChI is InChI=1S/C15H27N5/c1-11-13(16-4)18-12(2)19-14(11)17-10-15(3)6-8-20(5)9-7-15/h6-10H2,1-5H3,(H2,16,17,18,19). The van der Waals surface area contributed by atoms with E-state index in [-0.39, 0.29) is 0 Å². The molecule has 0 radical (unpaired) electrons. The van der Waals surface area contributed by atoms with E-state index in [1.54, 1.807) is 0 Å². The second kappa shape index (κ2) is 5.95. The third kappa shape index (κ3) is 3.39. The van der Waals surface area contributed by atoms with E-state index < -0.39 is 0 Å². The van der Waals surface area contributed by atoms with E-state index >= 15 is 0 Å². The molecule has 1 saturated heterocycles. The summed E-state index contributed by atoms with van der Waals surface area (Å²) >= 11 is 0. The molecule has 112 valence electrons. The van der Waals surface area contributed by atoms with Gasteiger partial charge in [0, 0.05) is 19.2 Å². The Morgan fingerprint density at radius 2 is 1.75 bits per heavy atom. The van der Waals surface area contributed by atoms with Crippen LogP contribution >= 0.6 is 0 Å². The van der Waals surface area contributed by atoms with E-state index in [4.69, 9.17) is 0 Å². The minimum Gasteiger partial charge on any atom is -0.373 e. The molecule has 0 unspecified atom stereocenters. The average Bonchev–Trinajstić information content (AvgIpc) is 2.43. The normalized spacial score (nSPS) is 18.9. The maximum absolute atomic E-state index is 4.54. The largest absolute Gasteiger partial charge is 0.373 e. The highest BCUT2D eigenvalue weighted by atomic mass is 15.1. The minimum atomic E-state index is 0.359. The van der Waals surface area contributed by atoms with Crippen LogP contribution in [-0.4, -0.2) is 48.6 Å². The monoisotopic (exact) mass is 277 g/mol. The van der Waals surface area contributed by atoms with Crippen LogP contribution in [0.4, 0.5) is 11.6 Å². The zero-order chi connectivity index (χ0) is 14.8. The molecule has 1 fully saturated rings. The Bertz CT molecular complexity index is 464. The predicted octanol–water partition coefficient (Wildman–Crippen LogP) is 2.28. The lowest BCUT2D eigenvalue weighted by molar-refractivity contribution is 0.150. The molecule has 5 heteroatoms. The van der Waals surface area contributed by atoms with Crippen LogP contribution in [0, 0.1) is 19.3 Å². The molecule has 2 N–H and O–H groups in total. The SMILES string of the molecule is CNc1nc(C)nc(NCC2(C)CCN(C)CC2)c1C. The second-order valence-electron chi connectivity index (χ2n) is 6.31. The Balaban J connectivity index is 2.05. The Morgan fingerprint density at radius 3 is 2.35 bits per heavy atom. The summed E-state index contributed by atoms with van der Waals surface area (Å²) in [6.07, 6.45) is 2.47. The van der Waals surface area contributed by atoms with Gasteiger partial charge in [0.15, 0.2) is 0 Å². The van der Waals surface area contributed by atoms with E-state index in [1.165, 1.54) is 25.9 Å². The summed E-state index contributed by atoms with van der Waals surface area (Å²) in [6.45, 7) is 9.70. The average molecular weight is 277 g/mol. The summed E-state index contributed by atoms with van der Waals surface area (Å²) in [6, 6.07) is 0. The van der Waals surface area contributed by atoms with Crippen molar-refractivity contribution in [3.63, 3.8) is 0 Å². The number of nitrogens with zero attached hydrogens (tertiary/aromatic N) is 3. The fourth-order valence-electron chi connectivity index (χ4n) is 2.68. The van der Waals surface area contributed by atoms with Gasteiger partial charge in [-0.2, -0.15) is 0 Å². The number of hydrogen-bond donors (Lipinski definition) is 2. The van der Waals surface area contributed by atoms with Gasteiger partial charge >= 0.3 is 0 Å². The maximum Gasteiger partial charge on any atom is 0.134 e. The smallest absolute Gasteiger partial charge is 0.134 e. The van der Waals surface area contributed by atoms with E-state index in [1.807, 2.05) is 14.0 Å².